The maximum Gasteiger partial charge on any atom is 0.342 e. The fourth-order valence-electron chi connectivity index (χ4n) is 9.56. The van der Waals surface area contributed by atoms with Crippen LogP contribution in [0, 0.1) is 29.6 Å². The summed E-state index contributed by atoms with van der Waals surface area (Å²) in [7, 11) is 1.43. The van der Waals surface area contributed by atoms with E-state index < -0.39 is 78.3 Å². The number of aromatic nitrogens is 2. The molecule has 0 saturated carbocycles. The Bertz CT molecular complexity index is 3430. The summed E-state index contributed by atoms with van der Waals surface area (Å²) in [6.07, 6.45) is 17.4. The van der Waals surface area contributed by atoms with Crippen molar-refractivity contribution < 1.29 is 97.4 Å². The minimum atomic E-state index is -1.55. The van der Waals surface area contributed by atoms with Crippen molar-refractivity contribution in [3.8, 4) is 28.7 Å². The fraction of sp³-hybridized carbons (Fsp3) is 0.451. The van der Waals surface area contributed by atoms with Crippen molar-refractivity contribution in [3.05, 3.63) is 143 Å². The van der Waals surface area contributed by atoms with Crippen LogP contribution in [0.15, 0.2) is 109 Å². The number of phenols is 3. The number of hydrogen-bond acceptors (Lipinski definition) is 23. The van der Waals surface area contributed by atoms with E-state index in [2.05, 4.69) is 15.2 Å². The average Bonchev–Trinajstić information content (AvgIpc) is 1.14. The van der Waals surface area contributed by atoms with Gasteiger partial charge in [0.25, 0.3) is 0 Å². The van der Waals surface area contributed by atoms with Gasteiger partial charge in [-0.15, -0.1) is 0 Å². The van der Waals surface area contributed by atoms with Crippen LogP contribution in [0.3, 0.4) is 0 Å². The second-order valence-corrected chi connectivity index (χ2v) is 24.3. The summed E-state index contributed by atoms with van der Waals surface area (Å²) >= 11 is 1.16. The van der Waals surface area contributed by atoms with Crippen LogP contribution in [0.4, 0.5) is 5.69 Å². The van der Waals surface area contributed by atoms with Gasteiger partial charge in [-0.25, -0.2) is 24.3 Å². The van der Waals surface area contributed by atoms with Gasteiger partial charge in [-0.05, 0) is 113 Å². The number of fused-ring (bicyclic) bond motifs is 3. The van der Waals surface area contributed by atoms with Gasteiger partial charge < -0.3 is 69.3 Å². The highest BCUT2D eigenvalue weighted by molar-refractivity contribution is 7.94. The number of nitrogens with zero attached hydrogens (tertiary/aromatic N) is 2. The molecule has 7 rings (SSSR count). The molecule has 12 atom stereocenters. The summed E-state index contributed by atoms with van der Waals surface area (Å²) in [5.74, 6) is -4.28. The number of nitrogens with one attached hydrogen (secondary N) is 1. The Morgan fingerprint density at radius 3 is 1.52 bits per heavy atom. The van der Waals surface area contributed by atoms with Gasteiger partial charge in [-0.2, -0.15) is 4.33 Å². The van der Waals surface area contributed by atoms with Gasteiger partial charge in [0.15, 0.2) is 17.3 Å². The first-order valence-corrected chi connectivity index (χ1v) is 32.5. The third-order valence-electron chi connectivity index (χ3n) is 16.2. The maximum absolute atomic E-state index is 12.9. The quantitative estimate of drug-likeness (QED) is 0.0154. The first kappa shape index (κ1) is 77.3. The van der Waals surface area contributed by atoms with E-state index in [9.17, 15) is 64.5 Å². The average molecular weight is 1340 g/mol. The van der Waals surface area contributed by atoms with Crippen LogP contribution in [0.2, 0.25) is 0 Å². The lowest BCUT2D eigenvalue weighted by molar-refractivity contribution is -0.160. The van der Waals surface area contributed by atoms with E-state index >= 15 is 0 Å². The van der Waals surface area contributed by atoms with Crippen LogP contribution in [0.5, 0.6) is 28.7 Å². The van der Waals surface area contributed by atoms with E-state index in [1.807, 2.05) is 31.5 Å². The molecule has 0 saturated heterocycles. The minimum Gasteiger partial charge on any atom is -0.507 e. The van der Waals surface area contributed by atoms with Crippen LogP contribution < -0.4 is 14.8 Å². The highest BCUT2D eigenvalue weighted by Crippen LogP contribution is 2.35. The van der Waals surface area contributed by atoms with E-state index in [4.69, 9.17) is 28.0 Å². The molecule has 516 valence electrons. The molecule has 0 amide bonds. The number of aromatic hydroxyl groups is 3. The van der Waals surface area contributed by atoms with Gasteiger partial charge in [-0.1, -0.05) is 89.3 Å². The number of cyclic esters (lactones) is 3. The minimum absolute atomic E-state index is 0.00712. The van der Waals surface area contributed by atoms with Crippen molar-refractivity contribution in [2.24, 2.45) is 29.6 Å². The zero-order valence-corrected chi connectivity index (χ0v) is 56.4. The highest BCUT2D eigenvalue weighted by Gasteiger charge is 2.30. The molecular weight excluding hydrogens is 1250 g/mol. The number of carbonyl (C=O) groups is 6. The lowest BCUT2D eigenvalue weighted by Gasteiger charge is -2.21. The van der Waals surface area contributed by atoms with Crippen molar-refractivity contribution in [2.45, 2.75) is 144 Å². The summed E-state index contributed by atoms with van der Waals surface area (Å²) in [6, 6.07) is 9.17. The molecule has 3 aliphatic rings. The Hall–Kier alpha value is -8.36. The van der Waals surface area contributed by atoms with Crippen molar-refractivity contribution in [1.82, 2.24) is 9.55 Å². The number of esters is 3. The van der Waals surface area contributed by atoms with Gasteiger partial charge in [-0.3, -0.25) is 14.4 Å². The number of rotatable bonds is 13. The molecule has 0 spiro atoms. The van der Waals surface area contributed by atoms with E-state index in [1.165, 1.54) is 37.5 Å². The van der Waals surface area contributed by atoms with Crippen LogP contribution in [-0.2, 0) is 44.4 Å². The van der Waals surface area contributed by atoms with E-state index in [0.29, 0.717) is 72.4 Å². The summed E-state index contributed by atoms with van der Waals surface area (Å²) in [4.78, 5) is 84.1. The van der Waals surface area contributed by atoms with Crippen molar-refractivity contribution >= 4 is 71.2 Å². The fourth-order valence-corrected chi connectivity index (χ4v) is 9.96. The van der Waals surface area contributed by atoms with Crippen molar-refractivity contribution in [3.63, 3.8) is 0 Å². The second-order valence-electron chi connectivity index (χ2n) is 23.5. The Morgan fingerprint density at radius 1 is 0.600 bits per heavy atom. The molecule has 8 N–H and O–H groups in total. The predicted octanol–water partition coefficient (Wildman–Crippen LogP) is 10.2. The Kier molecular flexibility index (Phi) is 31.1. The summed E-state index contributed by atoms with van der Waals surface area (Å²) in [5, 5.41) is 75.9. The number of anilines is 1. The number of imidazole rings is 1. The molecule has 0 aliphatic carbocycles. The van der Waals surface area contributed by atoms with Gasteiger partial charge in [0.1, 0.15) is 76.5 Å². The van der Waals surface area contributed by atoms with Crippen LogP contribution in [0.1, 0.15) is 143 Å². The van der Waals surface area contributed by atoms with Gasteiger partial charge in [0.2, 0.25) is 0 Å². The zero-order valence-electron chi connectivity index (χ0n) is 55.6. The first-order valence-electron chi connectivity index (χ1n) is 31.6. The molecule has 3 aromatic carbocycles. The second kappa shape index (κ2) is 38.3. The number of carbonyl (C=O) groups excluding carboxylic acids is 6. The summed E-state index contributed by atoms with van der Waals surface area (Å²) in [5.41, 5.74) is 2.16. The zero-order chi connectivity index (χ0) is 70.1. The van der Waals surface area contributed by atoms with E-state index in [0.717, 1.165) is 12.0 Å². The summed E-state index contributed by atoms with van der Waals surface area (Å²) in [6.45, 7) is 19.3. The van der Waals surface area contributed by atoms with Crippen LogP contribution in [0.25, 0.3) is 18.2 Å². The molecule has 0 bridgehead atoms. The Balaban J connectivity index is 0.000000259. The lowest BCUT2D eigenvalue weighted by Crippen LogP contribution is -2.34. The van der Waals surface area contributed by atoms with E-state index in [-0.39, 0.29) is 88.1 Å². The molecule has 4 heterocycles. The number of ketones is 3. The molecule has 4 aromatic rings. The number of Topliss-reactive ketones (excluding diaryl/α,β-unsaturated/α-hetero) is 1. The lowest BCUT2D eigenvalue weighted by atomic mass is 9.94. The van der Waals surface area contributed by atoms with Crippen molar-refractivity contribution in [1.29, 1.82) is 0 Å². The first-order chi connectivity index (χ1) is 45.1. The monoisotopic (exact) mass is 1340 g/mol. The van der Waals surface area contributed by atoms with Gasteiger partial charge in [0.05, 0.1) is 44.9 Å². The number of aliphatic hydroxyl groups excluding tert-OH is 4. The molecule has 0 fully saturated rings. The number of hydrogen-bond donors (Lipinski definition) is 8. The van der Waals surface area contributed by atoms with E-state index in [1.54, 1.807) is 134 Å². The number of benzene rings is 3. The third-order valence-corrected chi connectivity index (χ3v) is 16.8. The van der Waals surface area contributed by atoms with Crippen LogP contribution >= 0.6 is 12.0 Å². The molecular formula is C71H91N3O20S. The van der Waals surface area contributed by atoms with Crippen molar-refractivity contribution in [2.75, 3.05) is 37.9 Å². The SMILES string of the molecule is CCNc1cc(O)c2c(c1)/C=C/C[C@H](O)[C@H](O)C(=O)/C(C)=C\[C@@H](C)[C@H](C)OC2=O.COOSCCCOc1cc(O)c2c(c1)/C=C/C[C@H](O)[C@H](C)C(=O)/C=C\[C@@H](C)[C@H](C)OC2=O.C[C@@H]1/C=C\C(=O)[C@@H](C)[C@@H](O)C/C=C/c2cc(OCCn3ccnc3)cc(O)c2C(=O)O[C@H]1C. The predicted molar refractivity (Wildman–Crippen MR) is 359 cm³/mol. The standard InChI is InChI=1S/C25H30N2O6.C24H32O8S.C22H29NO6/c1-16-7-8-22(29)17(2)21(28)6-4-5-19-13-20(32-12-11-27-10-9-26-15-27)14-23(30)24(19)25(31)33-18(16)3;1-15-9-10-21(26)16(2)20(25)8-5-7-18-13-19(30-11-6-12-33-32-29-4)14-22(27)23(18)24(28)31-17(15)3;1-5-23-16-10-15-7-6-8-17(24)21(27)20(26)13(3)9-12(2)14(4)29-22(28)19(15)18(25)11-16/h4-5,7-10,13-18,21,28,30H,6,11-12H2,1-3H3;5,7,9-10,13-17,20,25,27H,6,8,11-12H2,1-4H3;6-7,9-12,14,17,21,23-25,27H,5,8H2,1-4H3/b5-4+,8-7-;7-5+,10-9-;7-6+,13-9-/t16-,17+,18+,21+;15-,16+,17+,20+;12-,14+,17+,21+/m111/s1. The molecule has 0 unspecified atom stereocenters. The Morgan fingerprint density at radius 2 is 1.05 bits per heavy atom. The molecule has 3 aliphatic heterocycles. The van der Waals surface area contributed by atoms with Gasteiger partial charge >= 0.3 is 17.9 Å². The third kappa shape index (κ3) is 23.5. The van der Waals surface area contributed by atoms with Gasteiger partial charge in [0, 0.05) is 90.2 Å². The normalized spacial score (nSPS) is 27.0. The number of allylic oxidation sites excluding steroid dienone is 2. The molecule has 24 heteroatoms. The topological polar surface area (TPSA) is 338 Å². The molecule has 1 aromatic heterocycles. The Labute approximate surface area is 558 Å². The number of phenolic OH excluding ortho intramolecular Hbond substituents is 3. The highest BCUT2D eigenvalue weighted by atomic mass is 32.2. The molecule has 95 heavy (non-hydrogen) atoms. The maximum atomic E-state index is 12.9. The largest absolute Gasteiger partial charge is 0.507 e. The number of aliphatic hydroxyl groups is 4. The summed E-state index contributed by atoms with van der Waals surface area (Å²) < 4.78 is 34.7. The van der Waals surface area contributed by atoms with Crippen LogP contribution in [-0.4, -0.2) is 156 Å². The molecule has 23 nitrogen and oxygen atoms in total. The smallest absolute Gasteiger partial charge is 0.342 e. The molecule has 0 radical (unpaired) electrons. The number of ether oxygens (including phenoxy) is 5.